The summed E-state index contributed by atoms with van der Waals surface area (Å²) in [5.41, 5.74) is 1.85. The van der Waals surface area contributed by atoms with Crippen LogP contribution in [0, 0.1) is 6.92 Å². The molecule has 19 heavy (non-hydrogen) atoms. The predicted octanol–water partition coefficient (Wildman–Crippen LogP) is 2.13. The van der Waals surface area contributed by atoms with Gasteiger partial charge >= 0.3 is 5.63 Å². The normalized spacial score (nSPS) is 10.5. The van der Waals surface area contributed by atoms with E-state index in [2.05, 4.69) is 5.32 Å². The van der Waals surface area contributed by atoms with Crippen molar-refractivity contribution in [3.8, 4) is 0 Å². The fourth-order valence-electron chi connectivity index (χ4n) is 1.94. The highest BCUT2D eigenvalue weighted by Gasteiger charge is 2.12. The maximum absolute atomic E-state index is 11.9. The summed E-state index contributed by atoms with van der Waals surface area (Å²) in [6.07, 6.45) is 0. The van der Waals surface area contributed by atoms with Gasteiger partial charge in [0.15, 0.2) is 0 Å². The summed E-state index contributed by atoms with van der Waals surface area (Å²) in [4.78, 5) is 24.9. The van der Waals surface area contributed by atoms with Gasteiger partial charge in [-0.15, -0.1) is 0 Å². The van der Waals surface area contributed by atoms with Gasteiger partial charge in [-0.1, -0.05) is 0 Å². The van der Waals surface area contributed by atoms with Crippen molar-refractivity contribution in [3.05, 3.63) is 34.2 Å². The lowest BCUT2D eigenvalue weighted by Crippen LogP contribution is -2.16. The number of anilines is 2. The lowest BCUT2D eigenvalue weighted by atomic mass is 10.1. The van der Waals surface area contributed by atoms with Gasteiger partial charge in [0.25, 0.3) is 0 Å². The number of fused-ring (bicyclic) bond motifs is 1. The van der Waals surface area contributed by atoms with Gasteiger partial charge in [0, 0.05) is 38.2 Å². The van der Waals surface area contributed by atoms with Gasteiger partial charge in [-0.3, -0.25) is 4.79 Å². The quantitative estimate of drug-likeness (QED) is 0.840. The van der Waals surface area contributed by atoms with Crippen molar-refractivity contribution in [2.24, 2.45) is 0 Å². The number of benzene rings is 1. The van der Waals surface area contributed by atoms with Crippen molar-refractivity contribution in [2.75, 3.05) is 24.3 Å². The standard InChI is InChI=1S/C14H16N2O3/c1-8-11-6-5-10(16(3)4)7-12(11)19-14(18)13(8)15-9(2)17/h5-7H,1-4H3,(H,15,17). The molecule has 0 spiro atoms. The summed E-state index contributed by atoms with van der Waals surface area (Å²) in [5.74, 6) is -0.292. The Bertz CT molecular complexity index is 702. The highest BCUT2D eigenvalue weighted by atomic mass is 16.4. The number of hydrogen-bond acceptors (Lipinski definition) is 4. The summed E-state index contributed by atoms with van der Waals surface area (Å²) in [6, 6.07) is 5.63. The van der Waals surface area contributed by atoms with E-state index in [0.717, 1.165) is 11.1 Å². The molecule has 0 aliphatic heterocycles. The highest BCUT2D eigenvalue weighted by molar-refractivity contribution is 5.94. The lowest BCUT2D eigenvalue weighted by molar-refractivity contribution is -0.114. The number of amides is 1. The van der Waals surface area contributed by atoms with E-state index in [9.17, 15) is 9.59 Å². The summed E-state index contributed by atoms with van der Waals surface area (Å²) in [7, 11) is 3.83. The Balaban J connectivity index is 2.69. The van der Waals surface area contributed by atoms with E-state index < -0.39 is 5.63 Å². The first-order valence-corrected chi connectivity index (χ1v) is 5.92. The summed E-state index contributed by atoms with van der Waals surface area (Å²) < 4.78 is 5.27. The molecule has 100 valence electrons. The van der Waals surface area contributed by atoms with Crippen LogP contribution in [-0.2, 0) is 4.79 Å². The van der Waals surface area contributed by atoms with E-state index in [-0.39, 0.29) is 11.6 Å². The van der Waals surface area contributed by atoms with E-state index in [4.69, 9.17) is 4.42 Å². The molecule has 0 fully saturated rings. The molecule has 1 heterocycles. The molecule has 1 amide bonds. The Morgan fingerprint density at radius 2 is 2.00 bits per heavy atom. The highest BCUT2D eigenvalue weighted by Crippen LogP contribution is 2.25. The molecule has 5 heteroatoms. The van der Waals surface area contributed by atoms with Crippen LogP contribution >= 0.6 is 0 Å². The molecule has 0 aliphatic carbocycles. The van der Waals surface area contributed by atoms with Crippen molar-refractivity contribution < 1.29 is 9.21 Å². The van der Waals surface area contributed by atoms with Crippen molar-refractivity contribution in [2.45, 2.75) is 13.8 Å². The van der Waals surface area contributed by atoms with Crippen molar-refractivity contribution >= 4 is 28.3 Å². The predicted molar refractivity (Wildman–Crippen MR) is 75.9 cm³/mol. The van der Waals surface area contributed by atoms with Crippen LogP contribution in [0.5, 0.6) is 0 Å². The van der Waals surface area contributed by atoms with Crippen LogP contribution in [0.1, 0.15) is 12.5 Å². The van der Waals surface area contributed by atoms with Crippen LogP contribution in [0.25, 0.3) is 11.0 Å². The molecule has 5 nitrogen and oxygen atoms in total. The van der Waals surface area contributed by atoms with Gasteiger partial charge < -0.3 is 14.6 Å². The van der Waals surface area contributed by atoms with Gasteiger partial charge in [0.1, 0.15) is 11.3 Å². The monoisotopic (exact) mass is 260 g/mol. The molecule has 0 radical (unpaired) electrons. The molecule has 0 saturated heterocycles. The van der Waals surface area contributed by atoms with Crippen molar-refractivity contribution in [1.29, 1.82) is 0 Å². The van der Waals surface area contributed by atoms with Gasteiger partial charge in [0.2, 0.25) is 5.91 Å². The molecule has 2 aromatic rings. The minimum atomic E-state index is -0.531. The van der Waals surface area contributed by atoms with E-state index >= 15 is 0 Å². The molecule has 0 saturated carbocycles. The van der Waals surface area contributed by atoms with Gasteiger partial charge in [-0.05, 0) is 24.6 Å². The smallest absolute Gasteiger partial charge is 0.360 e. The maximum atomic E-state index is 11.9. The van der Waals surface area contributed by atoms with Crippen LogP contribution in [0.4, 0.5) is 11.4 Å². The Morgan fingerprint density at radius 3 is 2.58 bits per heavy atom. The molecule has 0 unspecified atom stereocenters. The Labute approximate surface area is 110 Å². The average Bonchev–Trinajstić information content (AvgIpc) is 2.33. The first-order chi connectivity index (χ1) is 8.90. The fourth-order valence-corrected chi connectivity index (χ4v) is 1.94. The molecular weight excluding hydrogens is 244 g/mol. The molecule has 0 bridgehead atoms. The Hall–Kier alpha value is -2.30. The summed E-state index contributed by atoms with van der Waals surface area (Å²) >= 11 is 0. The SMILES string of the molecule is CC(=O)Nc1c(C)c2ccc(N(C)C)cc2oc1=O. The molecule has 1 N–H and O–H groups in total. The number of nitrogens with zero attached hydrogens (tertiary/aromatic N) is 1. The topological polar surface area (TPSA) is 62.6 Å². The molecule has 0 aliphatic rings. The van der Waals surface area contributed by atoms with E-state index in [0.29, 0.717) is 11.1 Å². The number of nitrogens with one attached hydrogen (secondary N) is 1. The van der Waals surface area contributed by atoms with Gasteiger partial charge in [-0.25, -0.2) is 4.79 Å². The third-order valence-electron chi connectivity index (χ3n) is 2.97. The van der Waals surface area contributed by atoms with Crippen LogP contribution in [0.2, 0.25) is 0 Å². The van der Waals surface area contributed by atoms with Crippen molar-refractivity contribution in [3.63, 3.8) is 0 Å². The zero-order valence-corrected chi connectivity index (χ0v) is 11.4. The maximum Gasteiger partial charge on any atom is 0.360 e. The second-order valence-corrected chi connectivity index (χ2v) is 4.65. The molecule has 2 rings (SSSR count). The number of carbonyl (C=O) groups excluding carboxylic acids is 1. The number of aryl methyl sites for hydroxylation is 1. The first-order valence-electron chi connectivity index (χ1n) is 5.92. The molecular formula is C14H16N2O3. The van der Waals surface area contributed by atoms with Crippen LogP contribution < -0.4 is 15.8 Å². The first kappa shape index (κ1) is 13.1. The minimum Gasteiger partial charge on any atom is -0.421 e. The van der Waals surface area contributed by atoms with Crippen LogP contribution in [0.15, 0.2) is 27.4 Å². The fraction of sp³-hybridized carbons (Fsp3) is 0.286. The van der Waals surface area contributed by atoms with Gasteiger partial charge in [0.05, 0.1) is 0 Å². The van der Waals surface area contributed by atoms with E-state index in [1.807, 2.05) is 31.1 Å². The van der Waals surface area contributed by atoms with Crippen LogP contribution in [0.3, 0.4) is 0 Å². The number of carbonyl (C=O) groups is 1. The van der Waals surface area contributed by atoms with Gasteiger partial charge in [-0.2, -0.15) is 0 Å². The number of rotatable bonds is 2. The molecule has 0 atom stereocenters. The summed E-state index contributed by atoms with van der Waals surface area (Å²) in [5, 5.41) is 3.33. The second kappa shape index (κ2) is 4.76. The Kier molecular flexibility index (Phi) is 3.29. The number of hydrogen-bond donors (Lipinski definition) is 1. The van der Waals surface area contributed by atoms with Crippen LogP contribution in [-0.4, -0.2) is 20.0 Å². The molecule has 1 aromatic heterocycles. The van der Waals surface area contributed by atoms with E-state index in [1.165, 1.54) is 6.92 Å². The summed E-state index contributed by atoms with van der Waals surface area (Å²) in [6.45, 7) is 3.15. The molecule has 1 aromatic carbocycles. The van der Waals surface area contributed by atoms with E-state index in [1.54, 1.807) is 13.0 Å². The Morgan fingerprint density at radius 1 is 1.32 bits per heavy atom. The minimum absolute atomic E-state index is 0.206. The second-order valence-electron chi connectivity index (χ2n) is 4.65. The third-order valence-corrected chi connectivity index (χ3v) is 2.97. The lowest BCUT2D eigenvalue weighted by Gasteiger charge is -2.14. The zero-order valence-electron chi connectivity index (χ0n) is 11.4. The average molecular weight is 260 g/mol. The zero-order chi connectivity index (χ0) is 14.2. The third kappa shape index (κ3) is 2.45. The van der Waals surface area contributed by atoms with Crippen molar-refractivity contribution in [1.82, 2.24) is 0 Å². The largest absolute Gasteiger partial charge is 0.421 e.